The predicted molar refractivity (Wildman–Crippen MR) is 71.3 cm³/mol. The van der Waals surface area contributed by atoms with Gasteiger partial charge in [-0.1, -0.05) is 51.1 Å². The van der Waals surface area contributed by atoms with E-state index in [4.69, 9.17) is 11.6 Å². The van der Waals surface area contributed by atoms with Gasteiger partial charge in [0.25, 0.3) is 5.91 Å². The first-order valence-electron chi connectivity index (χ1n) is 5.43. The van der Waals surface area contributed by atoms with Crippen LogP contribution in [0.4, 0.5) is 0 Å². The molecule has 0 aliphatic rings. The summed E-state index contributed by atoms with van der Waals surface area (Å²) >= 11 is 5.41. The van der Waals surface area contributed by atoms with Gasteiger partial charge in [-0.2, -0.15) is 5.10 Å². The SMILES string of the molecule is CC(C)(C)/C(=N\NC(=O)CCl)c1ccccc1. The summed E-state index contributed by atoms with van der Waals surface area (Å²) in [6, 6.07) is 9.77. The highest BCUT2D eigenvalue weighted by Crippen LogP contribution is 2.21. The van der Waals surface area contributed by atoms with E-state index in [1.807, 2.05) is 51.1 Å². The fraction of sp³-hybridized carbons (Fsp3) is 0.385. The Hall–Kier alpha value is -1.35. The van der Waals surface area contributed by atoms with Crippen molar-refractivity contribution >= 4 is 23.2 Å². The summed E-state index contributed by atoms with van der Waals surface area (Å²) in [6.07, 6.45) is 0. The molecule has 1 aromatic rings. The van der Waals surface area contributed by atoms with Gasteiger partial charge in [0, 0.05) is 5.41 Å². The van der Waals surface area contributed by atoms with Gasteiger partial charge in [0.1, 0.15) is 5.88 Å². The summed E-state index contributed by atoms with van der Waals surface area (Å²) in [5, 5.41) is 4.17. The first-order valence-corrected chi connectivity index (χ1v) is 5.97. The number of alkyl halides is 1. The number of carbonyl (C=O) groups excluding carboxylic acids is 1. The molecule has 1 rings (SSSR count). The Morgan fingerprint density at radius 2 is 1.88 bits per heavy atom. The Labute approximate surface area is 107 Å². The van der Waals surface area contributed by atoms with Crippen LogP contribution in [-0.4, -0.2) is 17.5 Å². The molecule has 0 aliphatic carbocycles. The third-order valence-corrected chi connectivity index (χ3v) is 2.41. The topological polar surface area (TPSA) is 41.5 Å². The van der Waals surface area contributed by atoms with E-state index in [2.05, 4.69) is 10.5 Å². The molecular formula is C13H17ClN2O. The lowest BCUT2D eigenvalue weighted by atomic mass is 9.86. The first kappa shape index (κ1) is 13.7. The summed E-state index contributed by atoms with van der Waals surface area (Å²) < 4.78 is 0. The van der Waals surface area contributed by atoms with Crippen LogP contribution in [0.1, 0.15) is 26.3 Å². The van der Waals surface area contributed by atoms with E-state index in [0.717, 1.165) is 11.3 Å². The highest BCUT2D eigenvalue weighted by Gasteiger charge is 2.21. The summed E-state index contributed by atoms with van der Waals surface area (Å²) in [5.74, 6) is -0.389. The number of halogens is 1. The molecule has 92 valence electrons. The molecule has 0 aliphatic heterocycles. The van der Waals surface area contributed by atoms with Crippen LogP contribution in [-0.2, 0) is 4.79 Å². The van der Waals surface area contributed by atoms with Gasteiger partial charge in [-0.25, -0.2) is 5.43 Å². The van der Waals surface area contributed by atoms with Crippen LogP contribution in [0.3, 0.4) is 0 Å². The van der Waals surface area contributed by atoms with Crippen LogP contribution in [0, 0.1) is 5.41 Å². The minimum absolute atomic E-state index is 0.0876. The number of amides is 1. The normalized spacial score (nSPS) is 12.4. The van der Waals surface area contributed by atoms with Crippen molar-refractivity contribution in [2.75, 3.05) is 5.88 Å². The van der Waals surface area contributed by atoms with Gasteiger partial charge in [0.2, 0.25) is 0 Å². The second-order valence-electron chi connectivity index (χ2n) is 4.75. The van der Waals surface area contributed by atoms with Gasteiger partial charge in [-0.05, 0) is 5.56 Å². The number of benzene rings is 1. The number of rotatable bonds is 3. The Bertz CT molecular complexity index is 407. The molecule has 0 aromatic heterocycles. The average molecular weight is 253 g/mol. The summed E-state index contributed by atoms with van der Waals surface area (Å²) in [7, 11) is 0. The van der Waals surface area contributed by atoms with Crippen molar-refractivity contribution in [3.63, 3.8) is 0 Å². The van der Waals surface area contributed by atoms with E-state index in [-0.39, 0.29) is 17.2 Å². The van der Waals surface area contributed by atoms with Crippen LogP contribution in [0.25, 0.3) is 0 Å². The molecule has 1 amide bonds. The molecule has 0 spiro atoms. The van der Waals surface area contributed by atoms with Crippen LogP contribution >= 0.6 is 11.6 Å². The lowest BCUT2D eigenvalue weighted by molar-refractivity contribution is -0.118. The quantitative estimate of drug-likeness (QED) is 0.502. The zero-order valence-corrected chi connectivity index (χ0v) is 11.1. The van der Waals surface area contributed by atoms with E-state index in [0.29, 0.717) is 0 Å². The average Bonchev–Trinajstić information content (AvgIpc) is 2.28. The van der Waals surface area contributed by atoms with Crippen molar-refractivity contribution in [2.24, 2.45) is 10.5 Å². The largest absolute Gasteiger partial charge is 0.272 e. The maximum absolute atomic E-state index is 11.1. The Morgan fingerprint density at radius 3 is 2.35 bits per heavy atom. The van der Waals surface area contributed by atoms with Gasteiger partial charge in [-0.15, -0.1) is 11.6 Å². The minimum Gasteiger partial charge on any atom is -0.272 e. The third-order valence-electron chi connectivity index (χ3n) is 2.17. The van der Waals surface area contributed by atoms with Crippen LogP contribution in [0.2, 0.25) is 0 Å². The van der Waals surface area contributed by atoms with Crippen LogP contribution in [0.5, 0.6) is 0 Å². The summed E-state index contributed by atoms with van der Waals surface area (Å²) in [4.78, 5) is 11.1. The van der Waals surface area contributed by atoms with Crippen LogP contribution < -0.4 is 5.43 Å². The Kier molecular flexibility index (Phi) is 4.70. The lowest BCUT2D eigenvalue weighted by Crippen LogP contribution is -2.27. The standard InChI is InChI=1S/C13H17ClN2O/c1-13(2,3)12(16-15-11(17)9-14)10-7-5-4-6-8-10/h4-8H,9H2,1-3H3,(H,15,17)/b16-12-. The van der Waals surface area contributed by atoms with Crippen molar-refractivity contribution in [1.29, 1.82) is 0 Å². The van der Waals surface area contributed by atoms with Crippen molar-refractivity contribution in [3.8, 4) is 0 Å². The van der Waals surface area contributed by atoms with Gasteiger partial charge >= 0.3 is 0 Å². The molecule has 0 bridgehead atoms. The molecule has 3 nitrogen and oxygen atoms in total. The molecule has 1 aromatic carbocycles. The van der Waals surface area contributed by atoms with Crippen molar-refractivity contribution in [1.82, 2.24) is 5.43 Å². The van der Waals surface area contributed by atoms with Crippen LogP contribution in [0.15, 0.2) is 35.4 Å². The maximum atomic E-state index is 11.1. The molecule has 0 unspecified atom stereocenters. The molecule has 0 heterocycles. The maximum Gasteiger partial charge on any atom is 0.254 e. The molecule has 0 radical (unpaired) electrons. The number of nitrogens with one attached hydrogen (secondary N) is 1. The van der Waals surface area contributed by atoms with Crippen molar-refractivity contribution < 1.29 is 4.79 Å². The molecular weight excluding hydrogens is 236 g/mol. The minimum atomic E-state index is -0.302. The number of hydrazone groups is 1. The predicted octanol–water partition coefficient (Wildman–Crippen LogP) is 2.79. The molecule has 1 N–H and O–H groups in total. The lowest BCUT2D eigenvalue weighted by Gasteiger charge is -2.21. The second-order valence-corrected chi connectivity index (χ2v) is 5.01. The monoisotopic (exact) mass is 252 g/mol. The summed E-state index contributed by atoms with van der Waals surface area (Å²) in [6.45, 7) is 6.14. The van der Waals surface area contributed by atoms with Gasteiger partial charge in [0.15, 0.2) is 0 Å². The first-order chi connectivity index (χ1) is 7.95. The summed E-state index contributed by atoms with van der Waals surface area (Å²) in [5.41, 5.74) is 4.13. The second kappa shape index (κ2) is 5.82. The number of hydrogen-bond acceptors (Lipinski definition) is 2. The van der Waals surface area contributed by atoms with Gasteiger partial charge in [-0.3, -0.25) is 4.79 Å². The molecule has 0 saturated carbocycles. The molecule has 4 heteroatoms. The Balaban J connectivity index is 3.02. The number of carbonyl (C=O) groups is 1. The van der Waals surface area contributed by atoms with E-state index in [9.17, 15) is 4.79 Å². The highest BCUT2D eigenvalue weighted by atomic mass is 35.5. The fourth-order valence-electron chi connectivity index (χ4n) is 1.41. The van der Waals surface area contributed by atoms with Crippen molar-refractivity contribution in [2.45, 2.75) is 20.8 Å². The molecule has 0 fully saturated rings. The number of nitrogens with zero attached hydrogens (tertiary/aromatic N) is 1. The fourth-order valence-corrected chi connectivity index (χ4v) is 1.47. The van der Waals surface area contributed by atoms with Gasteiger partial charge in [0.05, 0.1) is 5.71 Å². The zero-order valence-electron chi connectivity index (χ0n) is 10.3. The van der Waals surface area contributed by atoms with E-state index in [1.54, 1.807) is 0 Å². The molecule has 0 atom stereocenters. The van der Waals surface area contributed by atoms with E-state index >= 15 is 0 Å². The highest BCUT2D eigenvalue weighted by molar-refractivity contribution is 6.27. The van der Waals surface area contributed by atoms with Gasteiger partial charge < -0.3 is 0 Å². The zero-order chi connectivity index (χ0) is 12.9. The van der Waals surface area contributed by atoms with E-state index in [1.165, 1.54) is 0 Å². The smallest absolute Gasteiger partial charge is 0.254 e. The number of hydrogen-bond donors (Lipinski definition) is 1. The molecule has 0 saturated heterocycles. The third kappa shape index (κ3) is 4.19. The molecule has 17 heavy (non-hydrogen) atoms. The van der Waals surface area contributed by atoms with Crippen molar-refractivity contribution in [3.05, 3.63) is 35.9 Å². The van der Waals surface area contributed by atoms with E-state index < -0.39 is 0 Å². The Morgan fingerprint density at radius 1 is 1.29 bits per heavy atom.